The predicted octanol–water partition coefficient (Wildman–Crippen LogP) is 3.12. The van der Waals surface area contributed by atoms with Gasteiger partial charge in [-0.15, -0.1) is 0 Å². The topological polar surface area (TPSA) is 46.6 Å². The first kappa shape index (κ1) is 16.0. The second-order valence-electron chi connectivity index (χ2n) is 5.99. The van der Waals surface area contributed by atoms with E-state index >= 15 is 0 Å². The normalized spacial score (nSPS) is 22.2. The zero-order valence-electron chi connectivity index (χ0n) is 13.3. The summed E-state index contributed by atoms with van der Waals surface area (Å²) in [4.78, 5) is 0.319. The summed E-state index contributed by atoms with van der Waals surface area (Å²) in [6.45, 7) is 3.19. The number of sulfonamides is 1. The van der Waals surface area contributed by atoms with Gasteiger partial charge in [0.05, 0.1) is 12.0 Å². The SMILES string of the molecule is COc1ccc(S(=O)(=O)N2CC(C)C(c3ccccc3)C2)cc1. The first-order valence-electron chi connectivity index (χ1n) is 7.71. The summed E-state index contributed by atoms with van der Waals surface area (Å²) < 4.78 is 32.4. The molecule has 122 valence electrons. The Kier molecular flexibility index (Phi) is 4.41. The number of ether oxygens (including phenoxy) is 1. The molecule has 0 spiro atoms. The summed E-state index contributed by atoms with van der Waals surface area (Å²) in [5.74, 6) is 1.19. The standard InChI is InChI=1S/C18H21NO3S/c1-14-12-19(13-18(14)15-6-4-3-5-7-15)23(20,21)17-10-8-16(22-2)9-11-17/h3-11,14,18H,12-13H2,1-2H3. The van der Waals surface area contributed by atoms with Crippen molar-refractivity contribution in [3.63, 3.8) is 0 Å². The van der Waals surface area contributed by atoms with Crippen LogP contribution in [0.2, 0.25) is 0 Å². The van der Waals surface area contributed by atoms with Crippen LogP contribution in [0.5, 0.6) is 5.75 Å². The lowest BCUT2D eigenvalue weighted by Crippen LogP contribution is -2.29. The van der Waals surface area contributed by atoms with Crippen LogP contribution in [0.15, 0.2) is 59.5 Å². The van der Waals surface area contributed by atoms with Gasteiger partial charge >= 0.3 is 0 Å². The van der Waals surface area contributed by atoms with Crippen LogP contribution in [0.25, 0.3) is 0 Å². The van der Waals surface area contributed by atoms with Gasteiger partial charge in [0.2, 0.25) is 10.0 Å². The van der Waals surface area contributed by atoms with Crippen LogP contribution in [0.3, 0.4) is 0 Å². The van der Waals surface area contributed by atoms with Crippen molar-refractivity contribution in [2.45, 2.75) is 17.7 Å². The number of hydrogen-bond donors (Lipinski definition) is 0. The summed E-state index contributed by atoms with van der Waals surface area (Å²) in [6.07, 6.45) is 0. The van der Waals surface area contributed by atoms with E-state index in [1.165, 1.54) is 5.56 Å². The molecule has 0 aromatic heterocycles. The second-order valence-corrected chi connectivity index (χ2v) is 7.93. The van der Waals surface area contributed by atoms with Crippen molar-refractivity contribution >= 4 is 10.0 Å². The lowest BCUT2D eigenvalue weighted by molar-refractivity contribution is 0.414. The zero-order chi connectivity index (χ0) is 16.4. The molecule has 1 heterocycles. The molecule has 1 aliphatic rings. The van der Waals surface area contributed by atoms with Crippen molar-refractivity contribution in [2.75, 3.05) is 20.2 Å². The first-order chi connectivity index (χ1) is 11.0. The largest absolute Gasteiger partial charge is 0.497 e. The van der Waals surface area contributed by atoms with Crippen molar-refractivity contribution in [3.8, 4) is 5.75 Å². The Hall–Kier alpha value is -1.85. The maximum Gasteiger partial charge on any atom is 0.243 e. The van der Waals surface area contributed by atoms with Crippen molar-refractivity contribution in [3.05, 3.63) is 60.2 Å². The van der Waals surface area contributed by atoms with Gasteiger partial charge in [0.1, 0.15) is 5.75 Å². The first-order valence-corrected chi connectivity index (χ1v) is 9.15. The molecule has 23 heavy (non-hydrogen) atoms. The highest BCUT2D eigenvalue weighted by Gasteiger charge is 2.37. The minimum Gasteiger partial charge on any atom is -0.497 e. The van der Waals surface area contributed by atoms with Crippen LogP contribution >= 0.6 is 0 Å². The molecule has 2 aromatic carbocycles. The van der Waals surface area contributed by atoms with Gasteiger partial charge in [-0.3, -0.25) is 0 Å². The van der Waals surface area contributed by atoms with Crippen molar-refractivity contribution in [1.29, 1.82) is 0 Å². The Morgan fingerprint density at radius 3 is 2.26 bits per heavy atom. The minimum atomic E-state index is -3.46. The maximum atomic E-state index is 12.8. The number of methoxy groups -OCH3 is 1. The Labute approximate surface area is 137 Å². The van der Waals surface area contributed by atoms with E-state index in [1.54, 1.807) is 35.7 Å². The molecule has 1 saturated heterocycles. The minimum absolute atomic E-state index is 0.240. The van der Waals surface area contributed by atoms with E-state index in [2.05, 4.69) is 19.1 Å². The van der Waals surface area contributed by atoms with Gasteiger partial charge < -0.3 is 4.74 Å². The van der Waals surface area contributed by atoms with Crippen LogP contribution in [0.1, 0.15) is 18.4 Å². The number of hydrogen-bond acceptors (Lipinski definition) is 3. The Bertz CT molecular complexity index is 757. The molecule has 3 rings (SSSR count). The molecule has 1 fully saturated rings. The smallest absolute Gasteiger partial charge is 0.243 e. The third-order valence-corrected chi connectivity index (χ3v) is 6.35. The van der Waals surface area contributed by atoms with Crippen LogP contribution in [-0.4, -0.2) is 32.9 Å². The van der Waals surface area contributed by atoms with Gasteiger partial charge in [-0.05, 0) is 35.7 Å². The highest BCUT2D eigenvalue weighted by Crippen LogP contribution is 2.35. The molecule has 0 amide bonds. The molecule has 5 heteroatoms. The maximum absolute atomic E-state index is 12.8. The van der Waals surface area contributed by atoms with Crippen LogP contribution in [-0.2, 0) is 10.0 Å². The van der Waals surface area contributed by atoms with Gasteiger partial charge in [0.25, 0.3) is 0 Å². The van der Waals surface area contributed by atoms with E-state index < -0.39 is 10.0 Å². The Morgan fingerprint density at radius 1 is 1.00 bits per heavy atom. The number of nitrogens with zero attached hydrogens (tertiary/aromatic N) is 1. The third kappa shape index (κ3) is 3.12. The van der Waals surface area contributed by atoms with Gasteiger partial charge in [-0.2, -0.15) is 4.31 Å². The van der Waals surface area contributed by atoms with Gasteiger partial charge in [-0.1, -0.05) is 37.3 Å². The van der Waals surface area contributed by atoms with Gasteiger partial charge in [-0.25, -0.2) is 8.42 Å². The van der Waals surface area contributed by atoms with Crippen LogP contribution in [0, 0.1) is 5.92 Å². The quantitative estimate of drug-likeness (QED) is 0.865. The molecular formula is C18H21NO3S. The van der Waals surface area contributed by atoms with Gasteiger partial charge in [0, 0.05) is 19.0 Å². The molecule has 0 saturated carbocycles. The average Bonchev–Trinajstić information content (AvgIpc) is 2.98. The number of benzene rings is 2. The van der Waals surface area contributed by atoms with Gasteiger partial charge in [0.15, 0.2) is 0 Å². The molecule has 0 aliphatic carbocycles. The fourth-order valence-corrected chi connectivity index (χ4v) is 4.72. The van der Waals surface area contributed by atoms with Crippen molar-refractivity contribution < 1.29 is 13.2 Å². The number of rotatable bonds is 4. The third-order valence-electron chi connectivity index (χ3n) is 4.50. The molecule has 0 N–H and O–H groups in total. The lowest BCUT2D eigenvalue weighted by Gasteiger charge is -2.17. The van der Waals surface area contributed by atoms with E-state index in [-0.39, 0.29) is 5.92 Å². The summed E-state index contributed by atoms with van der Waals surface area (Å²) in [5.41, 5.74) is 1.20. The van der Waals surface area contributed by atoms with E-state index in [0.29, 0.717) is 29.7 Å². The molecule has 0 radical (unpaired) electrons. The average molecular weight is 331 g/mol. The Morgan fingerprint density at radius 2 is 1.65 bits per heavy atom. The molecule has 2 atom stereocenters. The van der Waals surface area contributed by atoms with Crippen molar-refractivity contribution in [1.82, 2.24) is 4.31 Å². The highest BCUT2D eigenvalue weighted by molar-refractivity contribution is 7.89. The van der Waals surface area contributed by atoms with E-state index in [9.17, 15) is 8.42 Å². The van der Waals surface area contributed by atoms with E-state index in [1.807, 2.05) is 18.2 Å². The molecular weight excluding hydrogens is 310 g/mol. The summed E-state index contributed by atoms with van der Waals surface area (Å²) in [5, 5.41) is 0. The molecule has 4 nitrogen and oxygen atoms in total. The fraction of sp³-hybridized carbons (Fsp3) is 0.333. The summed E-state index contributed by atoms with van der Waals surface area (Å²) in [6, 6.07) is 16.7. The summed E-state index contributed by atoms with van der Waals surface area (Å²) >= 11 is 0. The van der Waals surface area contributed by atoms with E-state index in [0.717, 1.165) is 0 Å². The highest BCUT2D eigenvalue weighted by atomic mass is 32.2. The predicted molar refractivity (Wildman–Crippen MR) is 90.1 cm³/mol. The monoisotopic (exact) mass is 331 g/mol. The molecule has 2 unspecified atom stereocenters. The van der Waals surface area contributed by atoms with Crippen molar-refractivity contribution in [2.24, 2.45) is 5.92 Å². The summed E-state index contributed by atoms with van der Waals surface area (Å²) in [7, 11) is -1.89. The second kappa shape index (κ2) is 6.34. The molecule has 1 aliphatic heterocycles. The van der Waals surface area contributed by atoms with E-state index in [4.69, 9.17) is 4.74 Å². The van der Waals surface area contributed by atoms with Crippen LogP contribution < -0.4 is 4.74 Å². The molecule has 0 bridgehead atoms. The molecule has 2 aromatic rings. The fourth-order valence-electron chi connectivity index (χ4n) is 3.15. The van der Waals surface area contributed by atoms with Crippen LogP contribution in [0.4, 0.5) is 0 Å². The zero-order valence-corrected chi connectivity index (χ0v) is 14.2. The lowest BCUT2D eigenvalue weighted by atomic mass is 9.90. The Balaban J connectivity index is 1.84.